The first-order valence-corrected chi connectivity index (χ1v) is 9.25. The molecule has 2 aromatic rings. The molecular weight excluding hydrogens is 344 g/mol. The van der Waals surface area contributed by atoms with E-state index in [0.717, 1.165) is 30.3 Å². The van der Waals surface area contributed by atoms with E-state index in [1.54, 1.807) is 12.3 Å². The second-order valence-electron chi connectivity index (χ2n) is 5.51. The molecule has 0 aliphatic rings. The molecule has 0 amide bonds. The third-order valence-corrected chi connectivity index (χ3v) is 4.50. The maximum atomic E-state index is 12.6. The van der Waals surface area contributed by atoms with Crippen LogP contribution in [0.2, 0.25) is 0 Å². The first-order valence-electron chi connectivity index (χ1n) is 8.37. The van der Waals surface area contributed by atoms with Crippen LogP contribution in [0.5, 0.6) is 0 Å². The minimum Gasteiger partial charge on any atom is -0.464 e. The number of hydrogen-bond donors (Lipinski definition) is 0. The van der Waals surface area contributed by atoms with E-state index in [-0.39, 0.29) is 24.1 Å². The molecule has 0 spiro atoms. The number of fused-ring (bicyclic) bond motifs is 1. The Morgan fingerprint density at radius 1 is 1.20 bits per heavy atom. The lowest BCUT2D eigenvalue weighted by Crippen LogP contribution is -2.26. The molecule has 0 fully saturated rings. The maximum absolute atomic E-state index is 12.6. The smallest absolute Gasteiger partial charge is 0.339 e. The average Bonchev–Trinajstić information content (AvgIpc) is 3.02. The van der Waals surface area contributed by atoms with Crippen molar-refractivity contribution in [1.29, 1.82) is 0 Å². The van der Waals surface area contributed by atoms with E-state index in [1.165, 1.54) is 17.7 Å². The lowest BCUT2D eigenvalue weighted by Gasteiger charge is -2.07. The number of carbonyl (C=O) groups excluding carboxylic acids is 2. The van der Waals surface area contributed by atoms with E-state index >= 15 is 0 Å². The van der Waals surface area contributed by atoms with Gasteiger partial charge in [-0.05, 0) is 13.3 Å². The molecule has 8 heteroatoms. The summed E-state index contributed by atoms with van der Waals surface area (Å²) in [5, 5.41) is 1.73. The zero-order chi connectivity index (χ0) is 18.2. The van der Waals surface area contributed by atoms with Gasteiger partial charge in [0.25, 0.3) is 5.56 Å². The van der Waals surface area contributed by atoms with Crippen molar-refractivity contribution in [2.75, 3.05) is 13.2 Å². The molecule has 0 radical (unpaired) electrons. The number of esters is 2. The van der Waals surface area contributed by atoms with Gasteiger partial charge in [-0.2, -0.15) is 0 Å². The lowest BCUT2D eigenvalue weighted by atomic mass is 10.2. The summed E-state index contributed by atoms with van der Waals surface area (Å²) < 4.78 is 11.3. The molecule has 0 saturated heterocycles. The Hall–Kier alpha value is -2.22. The minimum absolute atomic E-state index is 0.182. The lowest BCUT2D eigenvalue weighted by molar-refractivity contribution is -0.144. The molecule has 0 unspecified atom stereocenters. The highest BCUT2D eigenvalue weighted by Crippen LogP contribution is 2.21. The minimum atomic E-state index is -0.566. The SMILES string of the molecule is CCCCCCOC(=O)Cn1cnc2scc(C(=O)OCC)c2c1=O. The van der Waals surface area contributed by atoms with Crippen molar-refractivity contribution in [3.8, 4) is 0 Å². The van der Waals surface area contributed by atoms with E-state index < -0.39 is 17.5 Å². The fourth-order valence-corrected chi connectivity index (χ4v) is 3.21. The average molecular weight is 366 g/mol. The number of ether oxygens (including phenoxy) is 2. The molecule has 2 heterocycles. The van der Waals surface area contributed by atoms with E-state index in [1.807, 2.05) is 0 Å². The molecule has 0 aliphatic carbocycles. The molecular formula is C17H22N2O5S. The van der Waals surface area contributed by atoms with Crippen molar-refractivity contribution < 1.29 is 19.1 Å². The summed E-state index contributed by atoms with van der Waals surface area (Å²) in [4.78, 5) is 41.0. The number of hydrogen-bond acceptors (Lipinski definition) is 7. The molecule has 0 aliphatic heterocycles. The van der Waals surface area contributed by atoms with Crippen LogP contribution in [-0.2, 0) is 20.8 Å². The Bertz CT molecular complexity index is 796. The number of thiophene rings is 1. The van der Waals surface area contributed by atoms with Crippen molar-refractivity contribution in [3.63, 3.8) is 0 Å². The third kappa shape index (κ3) is 4.88. The van der Waals surface area contributed by atoms with Gasteiger partial charge in [-0.1, -0.05) is 26.2 Å². The van der Waals surface area contributed by atoms with Gasteiger partial charge in [0.15, 0.2) is 0 Å². The summed E-state index contributed by atoms with van der Waals surface area (Å²) in [5.74, 6) is -1.06. The van der Waals surface area contributed by atoms with Gasteiger partial charge < -0.3 is 9.47 Å². The van der Waals surface area contributed by atoms with Gasteiger partial charge >= 0.3 is 11.9 Å². The molecule has 0 bridgehead atoms. The van der Waals surface area contributed by atoms with E-state index in [2.05, 4.69) is 11.9 Å². The van der Waals surface area contributed by atoms with Crippen LogP contribution >= 0.6 is 11.3 Å². The largest absolute Gasteiger partial charge is 0.464 e. The van der Waals surface area contributed by atoms with Crippen molar-refractivity contribution in [2.45, 2.75) is 46.1 Å². The number of nitrogens with zero attached hydrogens (tertiary/aromatic N) is 2. The third-order valence-electron chi connectivity index (χ3n) is 3.62. The van der Waals surface area contributed by atoms with Crippen LogP contribution in [-0.4, -0.2) is 34.7 Å². The Morgan fingerprint density at radius 2 is 2.00 bits per heavy atom. The number of carbonyl (C=O) groups is 2. The number of unbranched alkanes of at least 4 members (excludes halogenated alkanes) is 3. The van der Waals surface area contributed by atoms with Crippen LogP contribution in [0.25, 0.3) is 10.2 Å². The van der Waals surface area contributed by atoms with Gasteiger partial charge in [0.2, 0.25) is 0 Å². The molecule has 2 rings (SSSR count). The summed E-state index contributed by atoms with van der Waals surface area (Å²) in [6, 6.07) is 0. The van der Waals surface area contributed by atoms with Gasteiger partial charge in [0.1, 0.15) is 11.4 Å². The molecule has 0 atom stereocenters. The van der Waals surface area contributed by atoms with Gasteiger partial charge in [-0.25, -0.2) is 9.78 Å². The second kappa shape index (κ2) is 9.31. The number of rotatable bonds is 9. The van der Waals surface area contributed by atoms with Crippen LogP contribution in [0.15, 0.2) is 16.5 Å². The zero-order valence-electron chi connectivity index (χ0n) is 14.4. The molecule has 25 heavy (non-hydrogen) atoms. The Labute approximate surface area is 149 Å². The fraction of sp³-hybridized carbons (Fsp3) is 0.529. The van der Waals surface area contributed by atoms with Gasteiger partial charge in [0, 0.05) is 5.38 Å². The highest BCUT2D eigenvalue weighted by molar-refractivity contribution is 7.17. The monoisotopic (exact) mass is 366 g/mol. The topological polar surface area (TPSA) is 87.5 Å². The molecule has 7 nitrogen and oxygen atoms in total. The molecule has 0 aromatic carbocycles. The van der Waals surface area contributed by atoms with Crippen LogP contribution in [0.1, 0.15) is 49.9 Å². The predicted molar refractivity (Wildman–Crippen MR) is 94.9 cm³/mol. The summed E-state index contributed by atoms with van der Waals surface area (Å²) in [5.41, 5.74) is -0.265. The molecule has 0 N–H and O–H groups in total. The van der Waals surface area contributed by atoms with Crippen LogP contribution in [0.3, 0.4) is 0 Å². The van der Waals surface area contributed by atoms with Crippen molar-refractivity contribution in [3.05, 3.63) is 27.6 Å². The van der Waals surface area contributed by atoms with Crippen molar-refractivity contribution in [2.24, 2.45) is 0 Å². The Kier molecular flexibility index (Phi) is 7.12. The fourth-order valence-electron chi connectivity index (χ4n) is 2.34. The van der Waals surface area contributed by atoms with Crippen LogP contribution < -0.4 is 5.56 Å². The van der Waals surface area contributed by atoms with Gasteiger partial charge in [-0.15, -0.1) is 11.3 Å². The maximum Gasteiger partial charge on any atom is 0.339 e. The Morgan fingerprint density at radius 3 is 2.72 bits per heavy atom. The zero-order valence-corrected chi connectivity index (χ0v) is 15.3. The highest BCUT2D eigenvalue weighted by atomic mass is 32.1. The van der Waals surface area contributed by atoms with Crippen LogP contribution in [0.4, 0.5) is 0 Å². The van der Waals surface area contributed by atoms with E-state index in [0.29, 0.717) is 11.4 Å². The van der Waals surface area contributed by atoms with Crippen LogP contribution in [0, 0.1) is 0 Å². The Balaban J connectivity index is 2.10. The quantitative estimate of drug-likeness (QED) is 0.501. The van der Waals surface area contributed by atoms with E-state index in [9.17, 15) is 14.4 Å². The normalized spacial score (nSPS) is 10.8. The van der Waals surface area contributed by atoms with E-state index in [4.69, 9.17) is 9.47 Å². The highest BCUT2D eigenvalue weighted by Gasteiger charge is 2.19. The van der Waals surface area contributed by atoms with Gasteiger partial charge in [0.05, 0.1) is 30.5 Å². The predicted octanol–water partition coefficient (Wildman–Crippen LogP) is 2.76. The summed E-state index contributed by atoms with van der Waals surface area (Å²) in [6.45, 7) is 4.13. The second-order valence-corrected chi connectivity index (χ2v) is 6.37. The molecule has 0 saturated carbocycles. The van der Waals surface area contributed by atoms with Crippen molar-refractivity contribution >= 4 is 33.5 Å². The molecule has 2 aromatic heterocycles. The summed E-state index contributed by atoms with van der Waals surface area (Å²) >= 11 is 1.19. The summed E-state index contributed by atoms with van der Waals surface area (Å²) in [7, 11) is 0. The summed E-state index contributed by atoms with van der Waals surface area (Å²) in [6.07, 6.45) is 5.33. The molecule has 136 valence electrons. The number of aromatic nitrogens is 2. The standard InChI is InChI=1S/C17H22N2O5S/c1-3-5-6-7-8-24-13(20)9-19-11-18-15-14(16(19)21)12(10-25-15)17(22)23-4-2/h10-11H,3-9H2,1-2H3. The first-order chi connectivity index (χ1) is 12.1. The first kappa shape index (κ1) is 19.1. The van der Waals surface area contributed by atoms with Crippen molar-refractivity contribution in [1.82, 2.24) is 9.55 Å². The van der Waals surface area contributed by atoms with Gasteiger partial charge in [-0.3, -0.25) is 14.2 Å².